The number of pyridine rings is 1. The number of alkyl halides is 3. The number of fused-ring (bicyclic) bond motifs is 5. The molecule has 0 amide bonds. The van der Waals surface area contributed by atoms with Crippen LogP contribution in [0.3, 0.4) is 0 Å². The van der Waals surface area contributed by atoms with Gasteiger partial charge in [-0.3, -0.25) is 14.0 Å². The molecular weight excluding hydrogens is 442 g/mol. The molecule has 0 saturated carbocycles. The first kappa shape index (κ1) is 17.1. The molecule has 5 aromatic rings. The number of halogens is 5. The van der Waals surface area contributed by atoms with Gasteiger partial charge in [0.05, 0.1) is 34.0 Å². The summed E-state index contributed by atoms with van der Waals surface area (Å²) in [6, 6.07) is 7.79. The Hall–Kier alpha value is -3.01. The van der Waals surface area contributed by atoms with E-state index in [1.54, 1.807) is 22.7 Å². The summed E-state index contributed by atoms with van der Waals surface area (Å²) in [6.07, 6.45) is -1.66. The summed E-state index contributed by atoms with van der Waals surface area (Å²) < 4.78 is 57.6. The van der Waals surface area contributed by atoms with E-state index in [0.717, 1.165) is 16.6 Å². The van der Waals surface area contributed by atoms with Crippen LogP contribution >= 0.6 is 15.9 Å². The van der Waals surface area contributed by atoms with Crippen molar-refractivity contribution in [1.82, 2.24) is 24.1 Å². The molecule has 0 aliphatic heterocycles. The highest BCUT2D eigenvalue weighted by Gasteiger charge is 2.32. The number of hydrogen-bond acceptors (Lipinski definition) is 3. The minimum Gasteiger partial charge on any atom is -0.276 e. The normalized spacial score (nSPS) is 12.5. The summed E-state index contributed by atoms with van der Waals surface area (Å²) in [4.78, 5) is 4.40. The Morgan fingerprint density at radius 3 is 2.64 bits per heavy atom. The summed E-state index contributed by atoms with van der Waals surface area (Å²) in [5.41, 5.74) is 0.686. The Morgan fingerprint density at radius 1 is 1.04 bits per heavy atom. The van der Waals surface area contributed by atoms with Gasteiger partial charge in [-0.15, -0.1) is 10.2 Å². The van der Waals surface area contributed by atoms with E-state index in [-0.39, 0.29) is 11.5 Å². The molecule has 3 aromatic heterocycles. The van der Waals surface area contributed by atoms with Gasteiger partial charge in [0.25, 0.3) is 0 Å². The van der Waals surface area contributed by atoms with Gasteiger partial charge in [-0.05, 0) is 36.4 Å². The SMILES string of the molecule is Fc1cc(-n2c3c4cc(Br)ccc4ncc3n3cnnc23)cc(C(F)(F)F)c1. The molecule has 0 N–H and O–H groups in total. The molecule has 0 fully saturated rings. The zero-order valence-electron chi connectivity index (χ0n) is 13.7. The Balaban J connectivity index is 1.97. The molecule has 0 bridgehead atoms. The standard InChI is InChI=1S/C18H8BrF4N5/c19-10-1-2-14-13(5-10)16-15(7-24-14)27-8-25-26-17(27)28(16)12-4-9(18(21,22)23)3-11(20)6-12/h1-8H. The molecule has 0 atom stereocenters. The second kappa shape index (κ2) is 5.74. The van der Waals surface area contributed by atoms with Gasteiger partial charge in [-0.2, -0.15) is 13.2 Å². The third-order valence-electron chi connectivity index (χ3n) is 4.46. The molecule has 0 aliphatic carbocycles. The highest BCUT2D eigenvalue weighted by atomic mass is 79.9. The molecule has 3 heterocycles. The van der Waals surface area contributed by atoms with Crippen molar-refractivity contribution in [3.8, 4) is 5.69 Å². The molecular formula is C18H8BrF4N5. The monoisotopic (exact) mass is 449 g/mol. The van der Waals surface area contributed by atoms with E-state index in [2.05, 4.69) is 31.1 Å². The third-order valence-corrected chi connectivity index (χ3v) is 4.96. The highest BCUT2D eigenvalue weighted by Crippen LogP contribution is 2.35. The topological polar surface area (TPSA) is 48.0 Å². The lowest BCUT2D eigenvalue weighted by Crippen LogP contribution is -2.07. The van der Waals surface area contributed by atoms with Crippen molar-refractivity contribution in [1.29, 1.82) is 0 Å². The number of aromatic nitrogens is 5. The van der Waals surface area contributed by atoms with Crippen LogP contribution in [-0.2, 0) is 6.18 Å². The largest absolute Gasteiger partial charge is 0.416 e. The first-order valence-electron chi connectivity index (χ1n) is 7.99. The molecule has 0 aliphatic rings. The van der Waals surface area contributed by atoms with Gasteiger partial charge in [0.15, 0.2) is 0 Å². The predicted molar refractivity (Wildman–Crippen MR) is 97.8 cm³/mol. The maximum atomic E-state index is 14.1. The zero-order chi connectivity index (χ0) is 19.6. The second-order valence-electron chi connectivity index (χ2n) is 6.19. The predicted octanol–water partition coefficient (Wildman–Crippen LogP) is 5.14. The molecule has 0 spiro atoms. The fourth-order valence-electron chi connectivity index (χ4n) is 3.31. The van der Waals surface area contributed by atoms with Crippen molar-refractivity contribution in [3.05, 3.63) is 64.8 Å². The maximum Gasteiger partial charge on any atom is 0.416 e. The number of imidazole rings is 1. The molecule has 28 heavy (non-hydrogen) atoms. The lowest BCUT2D eigenvalue weighted by molar-refractivity contribution is -0.137. The van der Waals surface area contributed by atoms with E-state index in [0.29, 0.717) is 28.0 Å². The molecule has 0 radical (unpaired) electrons. The fourth-order valence-corrected chi connectivity index (χ4v) is 3.68. The van der Waals surface area contributed by atoms with Crippen molar-refractivity contribution in [2.75, 3.05) is 0 Å². The summed E-state index contributed by atoms with van der Waals surface area (Å²) >= 11 is 3.40. The van der Waals surface area contributed by atoms with Crippen molar-refractivity contribution >= 4 is 43.6 Å². The molecule has 0 saturated heterocycles. The summed E-state index contributed by atoms with van der Waals surface area (Å²) in [6.45, 7) is 0. The second-order valence-corrected chi connectivity index (χ2v) is 7.10. The summed E-state index contributed by atoms with van der Waals surface area (Å²) in [5, 5.41) is 8.52. The molecule has 2 aromatic carbocycles. The van der Waals surface area contributed by atoms with Crippen molar-refractivity contribution in [2.45, 2.75) is 6.18 Å². The third kappa shape index (κ3) is 2.48. The van der Waals surface area contributed by atoms with Gasteiger partial charge in [0.1, 0.15) is 12.1 Å². The zero-order valence-corrected chi connectivity index (χ0v) is 15.3. The van der Waals surface area contributed by atoms with Crippen LogP contribution in [0.2, 0.25) is 0 Å². The molecule has 10 heteroatoms. The molecule has 0 unspecified atom stereocenters. The van der Waals surface area contributed by atoms with Crippen LogP contribution in [0.4, 0.5) is 17.6 Å². The number of rotatable bonds is 1. The van der Waals surface area contributed by atoms with Gasteiger partial charge >= 0.3 is 6.18 Å². The maximum absolute atomic E-state index is 14.1. The number of hydrogen-bond donors (Lipinski definition) is 0. The number of nitrogens with zero attached hydrogens (tertiary/aromatic N) is 5. The van der Waals surface area contributed by atoms with E-state index in [4.69, 9.17) is 0 Å². The van der Waals surface area contributed by atoms with Crippen LogP contribution in [0.1, 0.15) is 5.56 Å². The van der Waals surface area contributed by atoms with Gasteiger partial charge < -0.3 is 0 Å². The van der Waals surface area contributed by atoms with E-state index in [1.165, 1.54) is 10.9 Å². The van der Waals surface area contributed by atoms with Crippen LogP contribution in [0.15, 0.2) is 53.4 Å². The summed E-state index contributed by atoms with van der Waals surface area (Å²) in [5.74, 6) is -0.744. The average molecular weight is 450 g/mol. The highest BCUT2D eigenvalue weighted by molar-refractivity contribution is 9.10. The fraction of sp³-hybridized carbons (Fsp3) is 0.0556. The average Bonchev–Trinajstić information content (AvgIpc) is 3.21. The van der Waals surface area contributed by atoms with Crippen LogP contribution in [0.25, 0.3) is 33.4 Å². The van der Waals surface area contributed by atoms with Gasteiger partial charge in [-0.1, -0.05) is 15.9 Å². The molecule has 140 valence electrons. The van der Waals surface area contributed by atoms with Crippen molar-refractivity contribution < 1.29 is 17.6 Å². The summed E-state index contributed by atoms with van der Waals surface area (Å²) in [7, 11) is 0. The molecule has 5 nitrogen and oxygen atoms in total. The van der Waals surface area contributed by atoms with Gasteiger partial charge in [0, 0.05) is 9.86 Å². The van der Waals surface area contributed by atoms with Crippen LogP contribution in [0.5, 0.6) is 0 Å². The quantitative estimate of drug-likeness (QED) is 0.333. The van der Waals surface area contributed by atoms with E-state index in [9.17, 15) is 17.6 Å². The van der Waals surface area contributed by atoms with Gasteiger partial charge in [0.2, 0.25) is 5.78 Å². The Bertz CT molecular complexity index is 1390. The lowest BCUT2D eigenvalue weighted by atomic mass is 10.1. The number of benzene rings is 2. The van der Waals surface area contributed by atoms with E-state index >= 15 is 0 Å². The van der Waals surface area contributed by atoms with E-state index in [1.807, 2.05) is 6.07 Å². The Kier molecular flexibility index (Phi) is 3.51. The van der Waals surface area contributed by atoms with E-state index < -0.39 is 17.6 Å². The van der Waals surface area contributed by atoms with Crippen LogP contribution in [-0.4, -0.2) is 24.1 Å². The Labute approximate surface area is 162 Å². The first-order valence-corrected chi connectivity index (χ1v) is 8.79. The van der Waals surface area contributed by atoms with Crippen LogP contribution in [0, 0.1) is 5.82 Å². The van der Waals surface area contributed by atoms with Crippen molar-refractivity contribution in [3.63, 3.8) is 0 Å². The smallest absolute Gasteiger partial charge is 0.276 e. The van der Waals surface area contributed by atoms with Crippen LogP contribution < -0.4 is 0 Å². The van der Waals surface area contributed by atoms with Crippen molar-refractivity contribution in [2.24, 2.45) is 0 Å². The first-order chi connectivity index (χ1) is 13.3. The Morgan fingerprint density at radius 2 is 1.86 bits per heavy atom. The molecule has 5 rings (SSSR count). The minimum atomic E-state index is -4.68. The lowest BCUT2D eigenvalue weighted by Gasteiger charge is -2.12. The minimum absolute atomic E-state index is 0.00667. The van der Waals surface area contributed by atoms with Gasteiger partial charge in [-0.25, -0.2) is 4.39 Å².